The lowest BCUT2D eigenvalue weighted by atomic mass is 9.73. The van der Waals surface area contributed by atoms with Crippen molar-refractivity contribution in [3.05, 3.63) is 11.0 Å². The molecule has 23 heavy (non-hydrogen) atoms. The van der Waals surface area contributed by atoms with Crippen molar-refractivity contribution >= 4 is 22.3 Å². The van der Waals surface area contributed by atoms with Crippen LogP contribution in [0.3, 0.4) is 0 Å². The van der Waals surface area contributed by atoms with Gasteiger partial charge in [-0.2, -0.15) is 26.3 Å². The van der Waals surface area contributed by atoms with Gasteiger partial charge in [0.2, 0.25) is 0 Å². The van der Waals surface area contributed by atoms with Gasteiger partial charge in [0.25, 0.3) is 21.9 Å². The van der Waals surface area contributed by atoms with E-state index in [2.05, 4.69) is 6.58 Å². The van der Waals surface area contributed by atoms with Gasteiger partial charge in [-0.15, -0.1) is 6.58 Å². The van der Waals surface area contributed by atoms with Crippen molar-refractivity contribution in [3.8, 4) is 0 Å². The van der Waals surface area contributed by atoms with Gasteiger partial charge in [-0.1, -0.05) is 0 Å². The Hall–Kier alpha value is -0.758. The molecule has 0 radical (unpaired) electrons. The lowest BCUT2D eigenvalue weighted by molar-refractivity contribution is -0.394. The Kier molecular flexibility index (Phi) is 5.85. The summed E-state index contributed by atoms with van der Waals surface area (Å²) in [5.74, 6) is -3.29. The molecule has 132 valence electrons. The van der Waals surface area contributed by atoms with Gasteiger partial charge in [-0.25, -0.2) is 4.79 Å². The molecule has 1 saturated carbocycles. The number of aliphatic hydroxyl groups is 2. The highest BCUT2D eigenvalue weighted by Gasteiger charge is 2.74. The first-order valence-corrected chi connectivity index (χ1v) is 7.62. The molecule has 1 aliphatic rings. The van der Waals surface area contributed by atoms with Crippen LogP contribution in [0.5, 0.6) is 0 Å². The fourth-order valence-corrected chi connectivity index (χ4v) is 2.65. The molecule has 1 aliphatic carbocycles. The molecule has 4 nitrogen and oxygen atoms in total. The van der Waals surface area contributed by atoms with Crippen LogP contribution in [-0.4, -0.2) is 62.6 Å². The third kappa shape index (κ3) is 4.02. The lowest BCUT2D eigenvalue weighted by Crippen LogP contribution is -2.65. The maximum Gasteiger partial charge on any atom is 0.426 e. The summed E-state index contributed by atoms with van der Waals surface area (Å²) >= 11 is 0.284. The molecule has 0 bridgehead atoms. The molecule has 1 rings (SSSR count). The SMILES string of the molecule is C=[C]([AlH2])C(=O)OC1CCC(C(O)(C(F)(F)F)C(F)(F)F)C(O)C1. The third-order valence-corrected chi connectivity index (χ3v) is 4.20. The molecule has 0 heterocycles. The van der Waals surface area contributed by atoms with Crippen LogP contribution in [0.2, 0.25) is 0 Å². The smallest absolute Gasteiger partial charge is 0.426 e. The molecular weight excluding hydrogens is 349 g/mol. The van der Waals surface area contributed by atoms with Crippen molar-refractivity contribution in [1.82, 2.24) is 0 Å². The number of esters is 1. The predicted octanol–water partition coefficient (Wildman–Crippen LogP) is 1.06. The maximum atomic E-state index is 12.8. The van der Waals surface area contributed by atoms with Crippen molar-refractivity contribution in [2.24, 2.45) is 5.92 Å². The van der Waals surface area contributed by atoms with E-state index in [1.165, 1.54) is 0 Å². The first-order valence-electron chi connectivity index (χ1n) is 6.62. The summed E-state index contributed by atoms with van der Waals surface area (Å²) < 4.78 is 81.8. The van der Waals surface area contributed by atoms with E-state index in [1.54, 1.807) is 0 Å². The third-order valence-electron chi connectivity index (χ3n) is 3.79. The molecule has 0 aliphatic heterocycles. The minimum atomic E-state index is -6.00. The van der Waals surface area contributed by atoms with Gasteiger partial charge in [0.1, 0.15) is 6.10 Å². The number of carbonyl (C=O) groups is 1. The van der Waals surface area contributed by atoms with Crippen LogP contribution in [0.25, 0.3) is 0 Å². The predicted molar refractivity (Wildman–Crippen MR) is 68.0 cm³/mol. The molecule has 0 aromatic rings. The fraction of sp³-hybridized carbons (Fsp3) is 0.750. The Morgan fingerprint density at radius 3 is 1.96 bits per heavy atom. The van der Waals surface area contributed by atoms with Crippen molar-refractivity contribution in [3.63, 3.8) is 0 Å². The van der Waals surface area contributed by atoms with E-state index in [0.717, 1.165) is 0 Å². The summed E-state index contributed by atoms with van der Waals surface area (Å²) in [5, 5.41) is 19.0. The van der Waals surface area contributed by atoms with E-state index in [0.29, 0.717) is 0 Å². The van der Waals surface area contributed by atoms with Gasteiger partial charge in [0.05, 0.1) is 6.10 Å². The second-order valence-electron chi connectivity index (χ2n) is 5.56. The van der Waals surface area contributed by atoms with E-state index in [4.69, 9.17) is 4.74 Å². The molecule has 0 spiro atoms. The molecule has 0 aromatic carbocycles. The summed E-state index contributed by atoms with van der Waals surface area (Å²) in [6, 6.07) is 0. The van der Waals surface area contributed by atoms with Crippen LogP contribution in [-0.2, 0) is 9.53 Å². The Morgan fingerprint density at radius 2 is 1.61 bits per heavy atom. The Labute approximate surface area is 135 Å². The molecule has 0 amide bonds. The first-order chi connectivity index (χ1) is 10.2. The van der Waals surface area contributed by atoms with E-state index >= 15 is 0 Å². The largest absolute Gasteiger partial charge is 0.460 e. The van der Waals surface area contributed by atoms with Crippen molar-refractivity contribution in [2.75, 3.05) is 0 Å². The van der Waals surface area contributed by atoms with Gasteiger partial charge in [0.15, 0.2) is 0 Å². The Bertz CT molecular complexity index is 461. The minimum absolute atomic E-state index is 0.142. The van der Waals surface area contributed by atoms with Crippen LogP contribution in [0.4, 0.5) is 26.3 Å². The fourth-order valence-electron chi connectivity index (χ4n) is 2.54. The topological polar surface area (TPSA) is 66.8 Å². The van der Waals surface area contributed by atoms with Crippen molar-refractivity contribution in [2.45, 2.75) is 49.4 Å². The van der Waals surface area contributed by atoms with E-state index in [1.807, 2.05) is 0 Å². The highest BCUT2D eigenvalue weighted by Crippen LogP contribution is 2.51. The van der Waals surface area contributed by atoms with Gasteiger partial charge in [0, 0.05) is 12.3 Å². The summed E-state index contributed by atoms with van der Waals surface area (Å²) in [6.07, 6.45) is -16.9. The van der Waals surface area contributed by atoms with Gasteiger partial charge in [-0.05, 0) is 17.3 Å². The second kappa shape index (κ2) is 6.63. The van der Waals surface area contributed by atoms with Crippen molar-refractivity contribution in [1.29, 1.82) is 0 Å². The Morgan fingerprint density at radius 1 is 1.13 bits per heavy atom. The first kappa shape index (κ1) is 20.3. The lowest BCUT2D eigenvalue weighted by Gasteiger charge is -2.44. The number of rotatable bonds is 3. The van der Waals surface area contributed by atoms with Crippen LogP contribution in [0.1, 0.15) is 19.3 Å². The van der Waals surface area contributed by atoms with E-state index < -0.39 is 54.9 Å². The van der Waals surface area contributed by atoms with Crippen LogP contribution < -0.4 is 0 Å². The molecule has 2 N–H and O–H groups in total. The number of carbonyl (C=O) groups excluding carboxylic acids is 1. The number of halogens is 6. The Balaban J connectivity index is 2.96. The van der Waals surface area contributed by atoms with Gasteiger partial charge >= 0.3 is 18.3 Å². The van der Waals surface area contributed by atoms with Crippen LogP contribution in [0, 0.1) is 5.92 Å². The maximum absolute atomic E-state index is 12.8. The molecule has 0 aromatic heterocycles. The molecule has 3 unspecified atom stereocenters. The molecule has 11 heteroatoms. The zero-order valence-electron chi connectivity index (χ0n) is 12.0. The number of hydrogen-bond acceptors (Lipinski definition) is 4. The number of aliphatic hydroxyl groups excluding tert-OH is 1. The quantitative estimate of drug-likeness (QED) is 0.340. The molecule has 3 atom stereocenters. The second-order valence-corrected chi connectivity index (χ2v) is 6.76. The van der Waals surface area contributed by atoms with E-state index in [-0.39, 0.29) is 27.1 Å². The highest BCUT2D eigenvalue weighted by atomic mass is 27.0. The molecule has 0 saturated heterocycles. The average molecular weight is 364 g/mol. The molecular formula is C12H15AlF6O4. The normalized spacial score (nSPS) is 26.7. The average Bonchev–Trinajstić information content (AvgIpc) is 2.35. The number of ether oxygens (including phenoxy) is 1. The molecule has 1 fully saturated rings. The van der Waals surface area contributed by atoms with Crippen molar-refractivity contribution < 1.29 is 46.1 Å². The summed E-state index contributed by atoms with van der Waals surface area (Å²) in [5.41, 5.74) is -5.02. The van der Waals surface area contributed by atoms with Gasteiger partial charge in [-0.3, -0.25) is 0 Å². The zero-order valence-corrected chi connectivity index (χ0v) is 14.0. The zero-order chi connectivity index (χ0) is 18.2. The summed E-state index contributed by atoms with van der Waals surface area (Å²) in [4.78, 5) is 11.3. The monoisotopic (exact) mass is 364 g/mol. The van der Waals surface area contributed by atoms with Gasteiger partial charge < -0.3 is 14.9 Å². The highest BCUT2D eigenvalue weighted by molar-refractivity contribution is 6.34. The van der Waals surface area contributed by atoms with Crippen LogP contribution in [0.15, 0.2) is 11.0 Å². The minimum Gasteiger partial charge on any atom is -0.460 e. The van der Waals surface area contributed by atoms with Crippen LogP contribution >= 0.6 is 0 Å². The summed E-state index contributed by atoms with van der Waals surface area (Å²) in [7, 11) is 0. The standard InChI is InChI=1S/C12H13F6O4.Al.2H/c1-2-9(20)22-6-3-4-7(8(19)5-6)10(21,11(13,14)15)12(16,17)18;;;/h6-8,19,21H,1,3-5H2;;;. The number of alkyl halides is 6. The van der Waals surface area contributed by atoms with E-state index in [9.17, 15) is 41.4 Å². The summed E-state index contributed by atoms with van der Waals surface area (Å²) in [6.45, 7) is 3.35. The number of hydrogen-bond donors (Lipinski definition) is 2.